The number of hydrogen-bond acceptors (Lipinski definition) is 4. The molecule has 0 fully saturated rings. The van der Waals surface area contributed by atoms with Gasteiger partial charge in [-0.3, -0.25) is 14.2 Å². The van der Waals surface area contributed by atoms with Crippen LogP contribution in [-0.4, -0.2) is 35.7 Å². The number of hydrogen-bond donors (Lipinski definition) is 1. The molecule has 0 radical (unpaired) electrons. The minimum atomic E-state index is -3.76. The number of aliphatic carboxylic acids is 1. The van der Waals surface area contributed by atoms with E-state index in [-0.39, 0.29) is 24.0 Å². The highest BCUT2D eigenvalue weighted by Crippen LogP contribution is 2.46. The molecule has 0 amide bonds. The van der Waals surface area contributed by atoms with Crippen LogP contribution in [0.1, 0.15) is 47.1 Å². The smallest absolute Gasteiger partial charge is 0.308 e. The van der Waals surface area contributed by atoms with Gasteiger partial charge in [-0.1, -0.05) is 50.2 Å². The van der Waals surface area contributed by atoms with Crippen molar-refractivity contribution in [3.8, 4) is 0 Å². The number of aromatic nitrogens is 1. The lowest BCUT2D eigenvalue weighted by Gasteiger charge is -2.30. The Morgan fingerprint density at radius 2 is 1.71 bits per heavy atom. The molecular formula is C24H25NO5S. The van der Waals surface area contributed by atoms with Crippen molar-refractivity contribution in [2.24, 2.45) is 11.8 Å². The second-order valence-electron chi connectivity index (χ2n) is 8.51. The van der Waals surface area contributed by atoms with Crippen LogP contribution >= 0.6 is 0 Å². The highest BCUT2D eigenvalue weighted by atomic mass is 32.2. The van der Waals surface area contributed by atoms with E-state index < -0.39 is 27.0 Å². The van der Waals surface area contributed by atoms with Gasteiger partial charge in [0, 0.05) is 22.2 Å². The van der Waals surface area contributed by atoms with E-state index in [0.29, 0.717) is 34.1 Å². The summed E-state index contributed by atoms with van der Waals surface area (Å²) < 4.78 is 28.4. The highest BCUT2D eigenvalue weighted by Gasteiger charge is 2.45. The molecule has 162 valence electrons. The van der Waals surface area contributed by atoms with Crippen molar-refractivity contribution in [1.82, 2.24) is 4.57 Å². The number of carboxylic acid groups (broad SMARTS) is 1. The highest BCUT2D eigenvalue weighted by molar-refractivity contribution is 7.91. The Bertz CT molecular complexity index is 1260. The van der Waals surface area contributed by atoms with Gasteiger partial charge in [0.1, 0.15) is 5.25 Å². The number of sulfone groups is 1. The average Bonchev–Trinajstić information content (AvgIpc) is 3.06. The molecule has 1 aromatic heterocycles. The fraction of sp³-hybridized carbons (Fsp3) is 0.333. The number of fused-ring (bicyclic) bond motifs is 3. The molecule has 0 saturated carbocycles. The topological polar surface area (TPSA) is 93.4 Å². The quantitative estimate of drug-likeness (QED) is 0.646. The molecule has 1 heterocycles. The standard InChI is InChI=1S/C24H25NO5S/c1-15(2)14-31(29,30)22-18(24(27)28)12-13-20-21(22)17-10-6-7-11-19(17)25(20)23(26)16-8-4-3-5-9-16/h3-11,15,18,22H,12-14H2,1-2H3,(H,27,28). The first-order valence-electron chi connectivity index (χ1n) is 10.4. The van der Waals surface area contributed by atoms with Gasteiger partial charge in [-0.2, -0.15) is 0 Å². The van der Waals surface area contributed by atoms with E-state index in [2.05, 4.69) is 0 Å². The number of rotatable bonds is 5. The number of carbonyl (C=O) groups excluding carboxylic acids is 1. The summed E-state index contributed by atoms with van der Waals surface area (Å²) in [6, 6.07) is 16.0. The number of nitrogens with zero attached hydrogens (tertiary/aromatic N) is 1. The van der Waals surface area contributed by atoms with Crippen LogP contribution in [0, 0.1) is 11.8 Å². The van der Waals surface area contributed by atoms with Crippen LogP contribution in [0.5, 0.6) is 0 Å². The summed E-state index contributed by atoms with van der Waals surface area (Å²) in [4.78, 5) is 25.5. The molecule has 1 aliphatic carbocycles. The van der Waals surface area contributed by atoms with Crippen LogP contribution in [0.4, 0.5) is 0 Å². The van der Waals surface area contributed by atoms with Gasteiger partial charge in [0.2, 0.25) is 0 Å². The Balaban J connectivity index is 2.01. The van der Waals surface area contributed by atoms with E-state index in [9.17, 15) is 23.1 Å². The van der Waals surface area contributed by atoms with Crippen molar-refractivity contribution in [2.75, 3.05) is 5.75 Å². The zero-order chi connectivity index (χ0) is 22.3. The van der Waals surface area contributed by atoms with Crippen molar-refractivity contribution in [3.05, 3.63) is 71.4 Å². The Labute approximate surface area is 181 Å². The molecule has 1 aliphatic rings. The summed E-state index contributed by atoms with van der Waals surface area (Å²) in [6.07, 6.45) is 0.496. The molecule has 0 aliphatic heterocycles. The van der Waals surface area contributed by atoms with Gasteiger partial charge in [-0.15, -0.1) is 0 Å². The maximum atomic E-state index is 13.4. The zero-order valence-electron chi connectivity index (χ0n) is 17.5. The molecule has 7 heteroatoms. The summed E-state index contributed by atoms with van der Waals surface area (Å²) in [5.74, 6) is -2.64. The van der Waals surface area contributed by atoms with E-state index in [1.807, 2.05) is 6.07 Å². The van der Waals surface area contributed by atoms with E-state index in [1.165, 1.54) is 0 Å². The lowest BCUT2D eigenvalue weighted by Crippen LogP contribution is -2.35. The SMILES string of the molecule is CC(C)CS(=O)(=O)C1c2c(n(C(=O)c3ccccc3)c3ccccc23)CCC1C(=O)O. The maximum Gasteiger partial charge on any atom is 0.308 e. The number of carbonyl (C=O) groups is 2. The van der Waals surface area contributed by atoms with Crippen LogP contribution in [0.25, 0.3) is 10.9 Å². The molecular weight excluding hydrogens is 414 g/mol. The van der Waals surface area contributed by atoms with Crippen LogP contribution in [0.15, 0.2) is 54.6 Å². The van der Waals surface area contributed by atoms with Gasteiger partial charge in [0.25, 0.3) is 5.91 Å². The molecule has 2 atom stereocenters. The average molecular weight is 440 g/mol. The van der Waals surface area contributed by atoms with Gasteiger partial charge in [-0.05, 0) is 37.0 Å². The molecule has 4 rings (SSSR count). The Morgan fingerprint density at radius 1 is 1.06 bits per heavy atom. The van der Waals surface area contributed by atoms with Crippen LogP contribution in [0.3, 0.4) is 0 Å². The first kappa shape index (κ1) is 21.3. The third-order valence-electron chi connectivity index (χ3n) is 5.85. The molecule has 6 nitrogen and oxygen atoms in total. The molecule has 0 saturated heterocycles. The third-order valence-corrected chi connectivity index (χ3v) is 8.32. The van der Waals surface area contributed by atoms with Gasteiger partial charge in [0.05, 0.1) is 17.2 Å². The Morgan fingerprint density at radius 3 is 2.35 bits per heavy atom. The Hall–Kier alpha value is -2.93. The maximum absolute atomic E-state index is 13.4. The van der Waals surface area contributed by atoms with Crippen molar-refractivity contribution in [3.63, 3.8) is 0 Å². The van der Waals surface area contributed by atoms with Gasteiger partial charge < -0.3 is 5.11 Å². The van der Waals surface area contributed by atoms with Crippen LogP contribution in [0.2, 0.25) is 0 Å². The molecule has 3 aromatic rings. The normalized spacial score (nSPS) is 18.8. The molecule has 31 heavy (non-hydrogen) atoms. The molecule has 2 aromatic carbocycles. The first-order valence-corrected chi connectivity index (χ1v) is 12.1. The van der Waals surface area contributed by atoms with E-state index >= 15 is 0 Å². The minimum absolute atomic E-state index is 0.104. The zero-order valence-corrected chi connectivity index (χ0v) is 18.3. The van der Waals surface area contributed by atoms with Gasteiger partial charge in [-0.25, -0.2) is 8.42 Å². The predicted octanol–water partition coefficient (Wildman–Crippen LogP) is 4.09. The predicted molar refractivity (Wildman–Crippen MR) is 119 cm³/mol. The second kappa shape index (κ2) is 7.96. The molecule has 2 unspecified atom stereocenters. The molecule has 0 bridgehead atoms. The monoisotopic (exact) mass is 439 g/mol. The minimum Gasteiger partial charge on any atom is -0.481 e. The van der Waals surface area contributed by atoms with Crippen molar-refractivity contribution in [2.45, 2.75) is 31.9 Å². The molecule has 1 N–H and O–H groups in total. The fourth-order valence-electron chi connectivity index (χ4n) is 4.72. The van der Waals surface area contributed by atoms with Crippen LogP contribution < -0.4 is 0 Å². The van der Waals surface area contributed by atoms with Crippen molar-refractivity contribution < 1.29 is 23.1 Å². The first-order chi connectivity index (χ1) is 14.7. The van der Waals surface area contributed by atoms with Gasteiger partial charge in [0.15, 0.2) is 9.84 Å². The summed E-state index contributed by atoms with van der Waals surface area (Å²) in [6.45, 7) is 3.61. The summed E-state index contributed by atoms with van der Waals surface area (Å²) >= 11 is 0. The molecule has 0 spiro atoms. The Kier molecular flexibility index (Phi) is 5.47. The lowest BCUT2D eigenvalue weighted by atomic mass is 9.85. The number of carboxylic acids is 1. The fourth-order valence-corrected chi connectivity index (χ4v) is 7.23. The summed E-state index contributed by atoms with van der Waals surface area (Å²) in [5, 5.41) is 9.31. The summed E-state index contributed by atoms with van der Waals surface area (Å²) in [5.41, 5.74) is 2.18. The number of benzene rings is 2. The van der Waals surface area contributed by atoms with Crippen molar-refractivity contribution in [1.29, 1.82) is 0 Å². The summed E-state index contributed by atoms with van der Waals surface area (Å²) in [7, 11) is -3.76. The second-order valence-corrected chi connectivity index (χ2v) is 10.7. The third kappa shape index (κ3) is 3.67. The van der Waals surface area contributed by atoms with E-state index in [1.54, 1.807) is 66.9 Å². The lowest BCUT2D eigenvalue weighted by molar-refractivity contribution is -0.142. The van der Waals surface area contributed by atoms with Crippen LogP contribution in [-0.2, 0) is 21.1 Å². The van der Waals surface area contributed by atoms with E-state index in [4.69, 9.17) is 0 Å². The van der Waals surface area contributed by atoms with E-state index in [0.717, 1.165) is 0 Å². The largest absolute Gasteiger partial charge is 0.481 e. The van der Waals surface area contributed by atoms with Gasteiger partial charge >= 0.3 is 5.97 Å². The van der Waals surface area contributed by atoms with Crippen molar-refractivity contribution >= 4 is 32.6 Å². The number of para-hydroxylation sites is 1.